The van der Waals surface area contributed by atoms with Gasteiger partial charge in [0.15, 0.2) is 0 Å². The second kappa shape index (κ2) is 9.03. The van der Waals surface area contributed by atoms with E-state index in [4.69, 9.17) is 0 Å². The van der Waals surface area contributed by atoms with Gasteiger partial charge in [-0.05, 0) is 79.8 Å². The lowest BCUT2D eigenvalue weighted by atomic mass is 9.92. The highest BCUT2D eigenvalue weighted by molar-refractivity contribution is 7.26. The molecule has 0 bridgehead atoms. The van der Waals surface area contributed by atoms with Crippen molar-refractivity contribution < 1.29 is 0 Å². The Kier molecular flexibility index (Phi) is 4.94. The monoisotopic (exact) mass is 575 g/mol. The normalized spacial score (nSPS) is 12.1. The summed E-state index contributed by atoms with van der Waals surface area (Å²) in [6.07, 6.45) is 0. The highest BCUT2D eigenvalue weighted by atomic mass is 32.1. The molecule has 8 aromatic carbocycles. The standard InChI is InChI=1S/C42H25NS/c1-2-14-31-29(12-1)30-13-3-4-15-32(30)37-25-27(20-21-33(31)37)26-10-9-11-28(24-26)43-38-18-7-5-17-36(38)41-39(43)23-22-35-34-16-6-8-19-40(34)44-42(35)41/h1-25H. The zero-order chi connectivity index (χ0) is 28.8. The molecule has 2 heterocycles. The number of hydrogen-bond acceptors (Lipinski definition) is 1. The number of thiophene rings is 1. The number of benzene rings is 8. The summed E-state index contributed by atoms with van der Waals surface area (Å²) in [7, 11) is 0. The van der Waals surface area contributed by atoms with Crippen molar-refractivity contribution in [3.63, 3.8) is 0 Å². The molecule has 0 N–H and O–H groups in total. The lowest BCUT2D eigenvalue weighted by molar-refractivity contribution is 1.18. The van der Waals surface area contributed by atoms with Gasteiger partial charge in [-0.25, -0.2) is 0 Å². The van der Waals surface area contributed by atoms with Gasteiger partial charge in [-0.2, -0.15) is 0 Å². The maximum Gasteiger partial charge on any atom is 0.0555 e. The highest BCUT2D eigenvalue weighted by Crippen LogP contribution is 2.44. The number of hydrogen-bond donors (Lipinski definition) is 0. The Morgan fingerprint density at radius 3 is 1.73 bits per heavy atom. The molecule has 2 heteroatoms. The zero-order valence-electron chi connectivity index (χ0n) is 23.8. The van der Waals surface area contributed by atoms with E-state index in [1.807, 2.05) is 11.3 Å². The van der Waals surface area contributed by atoms with Crippen LogP contribution in [0.4, 0.5) is 0 Å². The molecule has 0 saturated heterocycles. The Morgan fingerprint density at radius 1 is 0.364 bits per heavy atom. The van der Waals surface area contributed by atoms with Gasteiger partial charge >= 0.3 is 0 Å². The molecule has 0 amide bonds. The van der Waals surface area contributed by atoms with Crippen LogP contribution in [0.3, 0.4) is 0 Å². The third kappa shape index (κ3) is 3.29. The average Bonchev–Trinajstić information content (AvgIpc) is 3.64. The van der Waals surface area contributed by atoms with Gasteiger partial charge in [-0.1, -0.05) is 115 Å². The van der Waals surface area contributed by atoms with E-state index in [-0.39, 0.29) is 0 Å². The Labute approximate surface area is 257 Å². The summed E-state index contributed by atoms with van der Waals surface area (Å²) in [5, 5.41) is 13.1. The molecule has 1 nitrogen and oxygen atoms in total. The molecule has 0 radical (unpaired) electrons. The topological polar surface area (TPSA) is 4.93 Å². The molecule has 0 aliphatic heterocycles. The van der Waals surface area contributed by atoms with Gasteiger partial charge in [0.1, 0.15) is 0 Å². The van der Waals surface area contributed by atoms with E-state index >= 15 is 0 Å². The van der Waals surface area contributed by atoms with E-state index in [1.54, 1.807) is 0 Å². The summed E-state index contributed by atoms with van der Waals surface area (Å²) in [6, 6.07) is 55.9. The van der Waals surface area contributed by atoms with Crippen molar-refractivity contribution in [2.45, 2.75) is 0 Å². The third-order valence-corrected chi connectivity index (χ3v) is 10.6. The SMILES string of the molecule is c1cc(-c2ccc3c4ccccc4c4ccccc4c3c2)cc(-n2c3ccccc3c3c4sc5ccccc5c4ccc32)c1. The van der Waals surface area contributed by atoms with Crippen LogP contribution < -0.4 is 0 Å². The second-order valence-corrected chi connectivity index (χ2v) is 12.7. The van der Waals surface area contributed by atoms with Crippen molar-refractivity contribution in [3.05, 3.63) is 152 Å². The minimum absolute atomic E-state index is 1.18. The number of para-hydroxylation sites is 1. The quantitative estimate of drug-likeness (QED) is 0.181. The number of nitrogens with zero attached hydrogens (tertiary/aromatic N) is 1. The predicted octanol–water partition coefficient (Wildman–Crippen LogP) is 12.3. The molecule has 2 aromatic heterocycles. The summed E-state index contributed by atoms with van der Waals surface area (Å²) >= 11 is 1.90. The lowest BCUT2D eigenvalue weighted by Crippen LogP contribution is -1.94. The maximum atomic E-state index is 2.45. The Morgan fingerprint density at radius 2 is 0.955 bits per heavy atom. The third-order valence-electron chi connectivity index (χ3n) is 9.36. The number of aromatic nitrogens is 1. The minimum atomic E-state index is 1.18. The number of fused-ring (bicyclic) bond motifs is 13. The van der Waals surface area contributed by atoms with E-state index in [2.05, 4.69) is 156 Å². The molecule has 204 valence electrons. The molecule has 10 aromatic rings. The van der Waals surface area contributed by atoms with Crippen molar-refractivity contribution in [2.75, 3.05) is 0 Å². The number of rotatable bonds is 2. The minimum Gasteiger partial charge on any atom is -0.309 e. The summed E-state index contributed by atoms with van der Waals surface area (Å²) in [4.78, 5) is 0. The van der Waals surface area contributed by atoms with Gasteiger partial charge in [0.2, 0.25) is 0 Å². The van der Waals surface area contributed by atoms with E-state index < -0.39 is 0 Å². The van der Waals surface area contributed by atoms with Gasteiger partial charge in [0.25, 0.3) is 0 Å². The Hall–Kier alpha value is -5.44. The largest absolute Gasteiger partial charge is 0.309 e. The van der Waals surface area contributed by atoms with E-state index in [0.29, 0.717) is 0 Å². The van der Waals surface area contributed by atoms with E-state index in [0.717, 1.165) is 0 Å². The van der Waals surface area contributed by atoms with Crippen LogP contribution in [0.25, 0.3) is 91.1 Å². The van der Waals surface area contributed by atoms with Crippen molar-refractivity contribution in [1.29, 1.82) is 0 Å². The van der Waals surface area contributed by atoms with Crippen molar-refractivity contribution in [3.8, 4) is 16.8 Å². The molecule has 0 spiro atoms. The van der Waals surface area contributed by atoms with Crippen LogP contribution in [-0.2, 0) is 0 Å². The molecule has 44 heavy (non-hydrogen) atoms. The average molecular weight is 576 g/mol. The van der Waals surface area contributed by atoms with Crippen LogP contribution in [0.15, 0.2) is 152 Å². The molecular formula is C42H25NS. The van der Waals surface area contributed by atoms with Crippen LogP contribution in [0.2, 0.25) is 0 Å². The zero-order valence-corrected chi connectivity index (χ0v) is 24.6. The molecule has 0 aliphatic carbocycles. The molecular weight excluding hydrogens is 551 g/mol. The fraction of sp³-hybridized carbons (Fsp3) is 0. The highest BCUT2D eigenvalue weighted by Gasteiger charge is 2.18. The molecule has 0 unspecified atom stereocenters. The van der Waals surface area contributed by atoms with Gasteiger partial charge in [-0.15, -0.1) is 11.3 Å². The second-order valence-electron chi connectivity index (χ2n) is 11.7. The van der Waals surface area contributed by atoms with Crippen molar-refractivity contribution in [2.24, 2.45) is 0 Å². The van der Waals surface area contributed by atoms with Crippen LogP contribution in [-0.4, -0.2) is 4.57 Å². The van der Waals surface area contributed by atoms with Crippen LogP contribution in [0.5, 0.6) is 0 Å². The van der Waals surface area contributed by atoms with E-state index in [9.17, 15) is 0 Å². The van der Waals surface area contributed by atoms with Crippen LogP contribution in [0, 0.1) is 0 Å². The molecule has 0 fully saturated rings. The molecule has 0 atom stereocenters. The van der Waals surface area contributed by atoms with Crippen LogP contribution >= 0.6 is 11.3 Å². The van der Waals surface area contributed by atoms with Gasteiger partial charge < -0.3 is 4.57 Å². The fourth-order valence-electron chi connectivity index (χ4n) is 7.42. The summed E-state index contributed by atoms with van der Waals surface area (Å²) in [6.45, 7) is 0. The predicted molar refractivity (Wildman–Crippen MR) is 192 cm³/mol. The fourth-order valence-corrected chi connectivity index (χ4v) is 8.68. The Balaban J connectivity index is 1.22. The summed E-state index contributed by atoms with van der Waals surface area (Å²) in [5.41, 5.74) is 6.11. The lowest BCUT2D eigenvalue weighted by Gasteiger charge is -2.13. The van der Waals surface area contributed by atoms with Gasteiger partial charge in [0.05, 0.1) is 11.0 Å². The first kappa shape index (κ1) is 24.0. The van der Waals surface area contributed by atoms with Gasteiger partial charge in [0, 0.05) is 36.6 Å². The maximum absolute atomic E-state index is 2.45. The van der Waals surface area contributed by atoms with Crippen molar-refractivity contribution >= 4 is 85.6 Å². The van der Waals surface area contributed by atoms with Crippen molar-refractivity contribution in [1.82, 2.24) is 4.57 Å². The smallest absolute Gasteiger partial charge is 0.0555 e. The summed E-state index contributed by atoms with van der Waals surface area (Å²) < 4.78 is 5.15. The molecule has 0 saturated carbocycles. The van der Waals surface area contributed by atoms with Crippen LogP contribution in [0.1, 0.15) is 0 Å². The first-order valence-corrected chi connectivity index (χ1v) is 15.9. The van der Waals surface area contributed by atoms with E-state index in [1.165, 1.54) is 91.1 Å². The summed E-state index contributed by atoms with van der Waals surface area (Å²) in [5.74, 6) is 0. The first-order valence-electron chi connectivity index (χ1n) is 15.1. The van der Waals surface area contributed by atoms with Gasteiger partial charge in [-0.3, -0.25) is 0 Å². The molecule has 0 aliphatic rings. The molecule has 10 rings (SSSR count). The Bertz CT molecular complexity index is 2740. The first-order chi connectivity index (χ1) is 21.8.